The first kappa shape index (κ1) is 10.8. The van der Waals surface area contributed by atoms with Gasteiger partial charge in [-0.15, -0.1) is 0 Å². The second-order valence-corrected chi connectivity index (χ2v) is 4.00. The number of nitrogens with two attached hydrogens (primary N) is 1. The number of benzene rings is 1. The lowest BCUT2D eigenvalue weighted by atomic mass is 10.1. The topological polar surface area (TPSA) is 56.8 Å². The van der Waals surface area contributed by atoms with E-state index in [1.54, 1.807) is 0 Å². The van der Waals surface area contributed by atoms with Crippen LogP contribution in [0.4, 0.5) is 0 Å². The van der Waals surface area contributed by atoms with Crippen molar-refractivity contribution in [2.45, 2.75) is 20.0 Å². The van der Waals surface area contributed by atoms with Crippen LogP contribution in [0.5, 0.6) is 5.75 Å². The van der Waals surface area contributed by atoms with Gasteiger partial charge in [-0.05, 0) is 31.0 Å². The zero-order valence-corrected chi connectivity index (χ0v) is 9.56. The third-order valence-electron chi connectivity index (χ3n) is 2.51. The largest absolute Gasteiger partial charge is 0.489 e. The number of nitrogens with zero attached hydrogens (tertiary/aromatic N) is 1. The average molecular weight is 220 g/mol. The molecule has 86 valence electrons. The molecule has 1 unspecified atom stereocenters. The number of aliphatic imine (C=N–C) groups is 1. The zero-order valence-electron chi connectivity index (χ0n) is 9.56. The van der Waals surface area contributed by atoms with Crippen LogP contribution < -0.4 is 10.5 Å². The van der Waals surface area contributed by atoms with E-state index in [9.17, 15) is 0 Å². The molecule has 2 N–H and O–H groups in total. The number of amidine groups is 1. The monoisotopic (exact) mass is 220 g/mol. The van der Waals surface area contributed by atoms with Gasteiger partial charge in [0.25, 0.3) is 6.02 Å². The maximum absolute atomic E-state index is 5.70. The van der Waals surface area contributed by atoms with E-state index in [-0.39, 0.29) is 12.1 Å². The van der Waals surface area contributed by atoms with Gasteiger partial charge in [0, 0.05) is 0 Å². The van der Waals surface area contributed by atoms with Crippen molar-refractivity contribution in [2.24, 2.45) is 10.7 Å². The van der Waals surface area contributed by atoms with Crippen LogP contribution in [0.3, 0.4) is 0 Å². The lowest BCUT2D eigenvalue weighted by Gasteiger charge is -2.13. The molecule has 1 atom stereocenters. The average Bonchev–Trinajstić information content (AvgIpc) is 2.66. The van der Waals surface area contributed by atoms with E-state index in [4.69, 9.17) is 15.2 Å². The van der Waals surface area contributed by atoms with Crippen LogP contribution in [0.1, 0.15) is 11.1 Å². The summed E-state index contributed by atoms with van der Waals surface area (Å²) >= 11 is 0. The third kappa shape index (κ3) is 2.45. The first-order valence-electron chi connectivity index (χ1n) is 5.32. The van der Waals surface area contributed by atoms with E-state index in [0.29, 0.717) is 13.2 Å². The molecular weight excluding hydrogens is 204 g/mol. The number of hydrogen-bond acceptors (Lipinski definition) is 4. The second-order valence-electron chi connectivity index (χ2n) is 4.00. The zero-order chi connectivity index (χ0) is 11.5. The Labute approximate surface area is 95.1 Å². The Kier molecular flexibility index (Phi) is 2.99. The van der Waals surface area contributed by atoms with Gasteiger partial charge in [0.05, 0.1) is 6.54 Å². The Hall–Kier alpha value is -1.71. The van der Waals surface area contributed by atoms with E-state index in [1.165, 1.54) is 5.56 Å². The summed E-state index contributed by atoms with van der Waals surface area (Å²) in [7, 11) is 0. The number of rotatable bonds is 3. The van der Waals surface area contributed by atoms with Gasteiger partial charge in [-0.1, -0.05) is 12.1 Å². The maximum Gasteiger partial charge on any atom is 0.282 e. The lowest BCUT2D eigenvalue weighted by molar-refractivity contribution is 0.141. The molecule has 1 aromatic carbocycles. The van der Waals surface area contributed by atoms with Crippen LogP contribution >= 0.6 is 0 Å². The van der Waals surface area contributed by atoms with Crippen molar-refractivity contribution in [1.82, 2.24) is 0 Å². The highest BCUT2D eigenvalue weighted by Gasteiger charge is 2.18. The predicted molar refractivity (Wildman–Crippen MR) is 62.8 cm³/mol. The summed E-state index contributed by atoms with van der Waals surface area (Å²) < 4.78 is 11.0. The van der Waals surface area contributed by atoms with Crippen molar-refractivity contribution in [3.8, 4) is 5.75 Å². The van der Waals surface area contributed by atoms with Crippen LogP contribution in [0.15, 0.2) is 23.2 Å². The molecule has 0 spiro atoms. The van der Waals surface area contributed by atoms with Crippen LogP contribution in [0.2, 0.25) is 0 Å². The minimum Gasteiger partial charge on any atom is -0.489 e. The van der Waals surface area contributed by atoms with Crippen molar-refractivity contribution in [2.75, 3.05) is 13.2 Å². The van der Waals surface area contributed by atoms with Gasteiger partial charge < -0.3 is 15.2 Å². The van der Waals surface area contributed by atoms with Crippen molar-refractivity contribution in [1.29, 1.82) is 0 Å². The molecule has 1 aliphatic heterocycles. The van der Waals surface area contributed by atoms with E-state index in [1.807, 2.05) is 26.0 Å². The summed E-state index contributed by atoms with van der Waals surface area (Å²) in [5.74, 6) is 0.897. The normalized spacial score (nSPS) is 19.1. The first-order chi connectivity index (χ1) is 7.65. The second kappa shape index (κ2) is 4.43. The highest BCUT2D eigenvalue weighted by Crippen LogP contribution is 2.19. The van der Waals surface area contributed by atoms with E-state index in [0.717, 1.165) is 11.3 Å². The number of aryl methyl sites for hydroxylation is 2. The molecule has 0 bridgehead atoms. The Balaban J connectivity index is 1.92. The maximum atomic E-state index is 5.70. The van der Waals surface area contributed by atoms with E-state index < -0.39 is 0 Å². The molecular formula is C12H16N2O2. The molecule has 0 aromatic heterocycles. The van der Waals surface area contributed by atoms with Gasteiger partial charge in [0.15, 0.2) is 6.10 Å². The van der Waals surface area contributed by atoms with Gasteiger partial charge >= 0.3 is 0 Å². The summed E-state index contributed by atoms with van der Waals surface area (Å²) in [5, 5.41) is 0. The van der Waals surface area contributed by atoms with Gasteiger partial charge in [-0.3, -0.25) is 0 Å². The quantitative estimate of drug-likeness (QED) is 0.837. The molecule has 0 saturated heterocycles. The van der Waals surface area contributed by atoms with Crippen molar-refractivity contribution in [3.05, 3.63) is 29.3 Å². The lowest BCUT2D eigenvalue weighted by Crippen LogP contribution is -2.24. The standard InChI is InChI=1S/C12H16N2O2/c1-8-3-4-9(2)11(5-8)15-7-10-6-14-12(13)16-10/h3-5,10H,6-7H2,1-2H3,(H2,13,14). The van der Waals surface area contributed by atoms with Crippen molar-refractivity contribution in [3.63, 3.8) is 0 Å². The third-order valence-corrected chi connectivity index (χ3v) is 2.51. The molecule has 16 heavy (non-hydrogen) atoms. The Bertz CT molecular complexity index is 415. The molecule has 0 fully saturated rings. The molecule has 0 amide bonds. The fraction of sp³-hybridized carbons (Fsp3) is 0.417. The molecule has 0 aliphatic carbocycles. The number of hydrogen-bond donors (Lipinski definition) is 1. The molecule has 0 radical (unpaired) electrons. The minimum atomic E-state index is -0.0556. The Morgan fingerprint density at radius 3 is 3.00 bits per heavy atom. The summed E-state index contributed by atoms with van der Waals surface area (Å²) in [6.07, 6.45) is -0.0556. The van der Waals surface area contributed by atoms with Crippen LogP contribution in [-0.2, 0) is 4.74 Å². The van der Waals surface area contributed by atoms with E-state index >= 15 is 0 Å². The first-order valence-corrected chi connectivity index (χ1v) is 5.32. The molecule has 0 saturated carbocycles. The van der Waals surface area contributed by atoms with E-state index in [2.05, 4.69) is 11.1 Å². The molecule has 1 heterocycles. The molecule has 4 heteroatoms. The fourth-order valence-corrected chi connectivity index (χ4v) is 1.57. The number of ether oxygens (including phenoxy) is 2. The minimum absolute atomic E-state index is 0.0556. The predicted octanol–water partition coefficient (Wildman–Crippen LogP) is 1.40. The van der Waals surface area contributed by atoms with Crippen molar-refractivity contribution >= 4 is 6.02 Å². The highest BCUT2D eigenvalue weighted by atomic mass is 16.5. The molecule has 1 aromatic rings. The smallest absolute Gasteiger partial charge is 0.282 e. The summed E-state index contributed by atoms with van der Waals surface area (Å²) in [6.45, 7) is 5.12. The SMILES string of the molecule is Cc1ccc(C)c(OCC2CN=C(N)O2)c1. The molecule has 1 aliphatic rings. The van der Waals surface area contributed by atoms with Gasteiger partial charge in [-0.2, -0.15) is 0 Å². The van der Waals surface area contributed by atoms with Gasteiger partial charge in [0.1, 0.15) is 12.4 Å². The molecule has 4 nitrogen and oxygen atoms in total. The van der Waals surface area contributed by atoms with Crippen molar-refractivity contribution < 1.29 is 9.47 Å². The molecule has 2 rings (SSSR count). The summed E-state index contributed by atoms with van der Waals surface area (Å²) in [6, 6.07) is 6.39. The summed E-state index contributed by atoms with van der Waals surface area (Å²) in [4.78, 5) is 3.96. The van der Waals surface area contributed by atoms with Crippen LogP contribution in [0.25, 0.3) is 0 Å². The fourth-order valence-electron chi connectivity index (χ4n) is 1.57. The van der Waals surface area contributed by atoms with Crippen LogP contribution in [-0.4, -0.2) is 25.3 Å². The Morgan fingerprint density at radius 2 is 2.31 bits per heavy atom. The Morgan fingerprint density at radius 1 is 1.50 bits per heavy atom. The van der Waals surface area contributed by atoms with Gasteiger partial charge in [0.2, 0.25) is 0 Å². The van der Waals surface area contributed by atoms with Gasteiger partial charge in [-0.25, -0.2) is 4.99 Å². The van der Waals surface area contributed by atoms with Crippen LogP contribution in [0, 0.1) is 13.8 Å². The summed E-state index contributed by atoms with van der Waals surface area (Å²) in [5.41, 5.74) is 7.73. The highest BCUT2D eigenvalue weighted by molar-refractivity contribution is 5.73.